The first-order valence-corrected chi connectivity index (χ1v) is 14.2. The number of ether oxygens (including phenoxy) is 2. The fourth-order valence-corrected chi connectivity index (χ4v) is 7.29. The summed E-state index contributed by atoms with van der Waals surface area (Å²) in [6.45, 7) is 2.01. The van der Waals surface area contributed by atoms with Crippen LogP contribution in [0.15, 0.2) is 103 Å². The van der Waals surface area contributed by atoms with Crippen LogP contribution in [-0.2, 0) is 10.2 Å². The predicted octanol–water partition coefficient (Wildman–Crippen LogP) is 5.95. The van der Waals surface area contributed by atoms with Crippen LogP contribution in [0.2, 0.25) is 0 Å². The lowest BCUT2D eigenvalue weighted by Crippen LogP contribution is -2.51. The molecule has 43 heavy (non-hydrogen) atoms. The third-order valence-electron chi connectivity index (χ3n) is 9.14. The first-order chi connectivity index (χ1) is 20.9. The fraction of sp³-hybridized carbons (Fsp3) is 0.194. The minimum atomic E-state index is -1.38. The van der Waals surface area contributed by atoms with Crippen LogP contribution in [0.3, 0.4) is 0 Å². The zero-order chi connectivity index (χ0) is 29.9. The molecule has 4 aromatic rings. The number of rotatable bonds is 6. The van der Waals surface area contributed by atoms with Gasteiger partial charge in [-0.1, -0.05) is 66.7 Å². The third-order valence-corrected chi connectivity index (χ3v) is 9.14. The summed E-state index contributed by atoms with van der Waals surface area (Å²) in [4.78, 5) is 46.4. The molecule has 4 aromatic carbocycles. The molecule has 7 heteroatoms. The average molecular weight is 571 g/mol. The van der Waals surface area contributed by atoms with E-state index in [-0.39, 0.29) is 17.5 Å². The number of Topliss-reactive ketones (excluding diaryl/α,β-unsaturated/α-hetero) is 2. The number of carbonyl (C=O) groups excluding carboxylic acids is 3. The summed E-state index contributed by atoms with van der Waals surface area (Å²) in [6, 6.07) is 27.6. The van der Waals surface area contributed by atoms with Crippen molar-refractivity contribution >= 4 is 34.4 Å². The van der Waals surface area contributed by atoms with Gasteiger partial charge in [-0.25, -0.2) is 0 Å². The number of fused-ring (bicyclic) bond motifs is 6. The van der Waals surface area contributed by atoms with Crippen LogP contribution >= 0.6 is 0 Å². The number of anilines is 2. The van der Waals surface area contributed by atoms with E-state index < -0.39 is 23.4 Å². The topological polar surface area (TPSA) is 84.9 Å². The van der Waals surface area contributed by atoms with E-state index in [4.69, 9.17) is 9.47 Å². The Labute approximate surface area is 249 Å². The molecular formula is C36H30N2O5. The number of carbonyl (C=O) groups is 3. The summed E-state index contributed by atoms with van der Waals surface area (Å²) < 4.78 is 10.9. The highest BCUT2D eigenvalue weighted by molar-refractivity contribution is 6.18. The van der Waals surface area contributed by atoms with Crippen molar-refractivity contribution in [2.75, 3.05) is 24.4 Å². The van der Waals surface area contributed by atoms with Crippen LogP contribution < -0.4 is 19.7 Å². The molecule has 214 valence electrons. The number of hydrogen-bond donors (Lipinski definition) is 1. The second-order valence-corrected chi connectivity index (χ2v) is 11.2. The molecule has 1 N–H and O–H groups in total. The average Bonchev–Trinajstić information content (AvgIpc) is 3.52. The summed E-state index contributed by atoms with van der Waals surface area (Å²) in [5, 5.41) is 3.08. The number of ketones is 2. The van der Waals surface area contributed by atoms with Crippen molar-refractivity contribution in [3.05, 3.63) is 125 Å². The van der Waals surface area contributed by atoms with E-state index in [1.807, 2.05) is 60.4 Å². The van der Waals surface area contributed by atoms with Gasteiger partial charge in [-0.15, -0.1) is 0 Å². The Morgan fingerprint density at radius 3 is 2.12 bits per heavy atom. The Kier molecular flexibility index (Phi) is 6.20. The Morgan fingerprint density at radius 1 is 0.791 bits per heavy atom. The van der Waals surface area contributed by atoms with Gasteiger partial charge >= 0.3 is 0 Å². The van der Waals surface area contributed by atoms with Gasteiger partial charge < -0.3 is 19.7 Å². The largest absolute Gasteiger partial charge is 0.497 e. The van der Waals surface area contributed by atoms with E-state index in [0.29, 0.717) is 33.9 Å². The van der Waals surface area contributed by atoms with E-state index in [0.717, 1.165) is 16.8 Å². The van der Waals surface area contributed by atoms with Crippen molar-refractivity contribution in [1.82, 2.24) is 0 Å². The van der Waals surface area contributed by atoms with Crippen molar-refractivity contribution in [1.29, 1.82) is 0 Å². The van der Waals surface area contributed by atoms with Gasteiger partial charge in [-0.05, 0) is 54.5 Å². The highest BCUT2D eigenvalue weighted by Crippen LogP contribution is 2.58. The Bertz CT molecular complexity index is 1840. The monoisotopic (exact) mass is 570 g/mol. The molecule has 0 aliphatic carbocycles. The Hall–Kier alpha value is -5.17. The van der Waals surface area contributed by atoms with Crippen LogP contribution in [0.4, 0.5) is 11.4 Å². The molecule has 3 heterocycles. The molecule has 0 saturated carbocycles. The molecule has 1 amide bonds. The van der Waals surface area contributed by atoms with Gasteiger partial charge in [0.25, 0.3) is 0 Å². The standard InChI is InChI=1S/C36H30N2O5/c1-21-18-30-36(27-15-5-6-16-28(27)37-35(36)41)31(33(39)22-10-8-12-24(19-22)42-2)32(38(30)29-17-7-4-14-26(21)29)34(40)23-11-9-13-25(20-23)43-3/h4-20,30-32H,1-3H3,(H,37,41)/t30-,31-,32+,36+/m1/s1. The zero-order valence-electron chi connectivity index (χ0n) is 24.0. The van der Waals surface area contributed by atoms with Crippen LogP contribution in [0.1, 0.15) is 38.8 Å². The minimum absolute atomic E-state index is 0.262. The third kappa shape index (κ3) is 3.77. The molecule has 0 bridgehead atoms. The van der Waals surface area contributed by atoms with Gasteiger partial charge in [0, 0.05) is 28.1 Å². The molecule has 0 unspecified atom stereocenters. The van der Waals surface area contributed by atoms with Gasteiger partial charge in [0.2, 0.25) is 5.91 Å². The van der Waals surface area contributed by atoms with Crippen molar-refractivity contribution < 1.29 is 23.9 Å². The van der Waals surface area contributed by atoms with Crippen molar-refractivity contribution in [3.8, 4) is 11.5 Å². The van der Waals surface area contributed by atoms with E-state index >= 15 is 0 Å². The van der Waals surface area contributed by atoms with E-state index in [2.05, 4.69) is 11.4 Å². The lowest BCUT2D eigenvalue weighted by molar-refractivity contribution is -0.121. The molecule has 7 rings (SSSR count). The number of hydrogen-bond acceptors (Lipinski definition) is 6. The SMILES string of the molecule is COc1cccc(C(=O)[C@@H]2[C@H](C(=O)c3cccc(OC)c3)[C@@]3(C(=O)Nc4ccccc43)[C@H]3C=C(C)c4ccccc4N23)c1. The quantitative estimate of drug-likeness (QED) is 0.289. The van der Waals surface area contributed by atoms with Crippen LogP contribution in [0, 0.1) is 5.92 Å². The number of nitrogens with zero attached hydrogens (tertiary/aromatic N) is 1. The van der Waals surface area contributed by atoms with Crippen LogP contribution in [0.25, 0.3) is 5.57 Å². The van der Waals surface area contributed by atoms with Crippen LogP contribution in [0.5, 0.6) is 11.5 Å². The number of nitrogens with one attached hydrogen (secondary N) is 1. The number of para-hydroxylation sites is 2. The van der Waals surface area contributed by atoms with Crippen molar-refractivity contribution in [2.24, 2.45) is 5.92 Å². The zero-order valence-corrected chi connectivity index (χ0v) is 24.0. The second-order valence-electron chi connectivity index (χ2n) is 11.2. The van der Waals surface area contributed by atoms with Crippen molar-refractivity contribution in [2.45, 2.75) is 24.4 Å². The van der Waals surface area contributed by atoms with Crippen LogP contribution in [-0.4, -0.2) is 43.8 Å². The first-order valence-electron chi connectivity index (χ1n) is 14.2. The number of amides is 1. The maximum absolute atomic E-state index is 15.0. The highest BCUT2D eigenvalue weighted by Gasteiger charge is 2.70. The highest BCUT2D eigenvalue weighted by atomic mass is 16.5. The Morgan fingerprint density at radius 2 is 1.42 bits per heavy atom. The molecule has 3 aliphatic rings. The number of methoxy groups -OCH3 is 2. The molecular weight excluding hydrogens is 540 g/mol. The molecule has 4 atom stereocenters. The minimum Gasteiger partial charge on any atom is -0.497 e. The summed E-state index contributed by atoms with van der Waals surface area (Å²) >= 11 is 0. The summed E-state index contributed by atoms with van der Waals surface area (Å²) in [5.74, 6) is -0.878. The predicted molar refractivity (Wildman–Crippen MR) is 165 cm³/mol. The molecule has 1 fully saturated rings. The number of allylic oxidation sites excluding steroid dienone is 1. The van der Waals surface area contributed by atoms with E-state index in [1.165, 1.54) is 0 Å². The number of benzene rings is 4. The fourth-order valence-electron chi connectivity index (χ4n) is 7.29. The van der Waals surface area contributed by atoms with Gasteiger partial charge in [-0.2, -0.15) is 0 Å². The normalized spacial score (nSPS) is 23.1. The van der Waals surface area contributed by atoms with Crippen molar-refractivity contribution in [3.63, 3.8) is 0 Å². The van der Waals surface area contributed by atoms with Gasteiger partial charge in [0.15, 0.2) is 11.6 Å². The van der Waals surface area contributed by atoms with Gasteiger partial charge in [0.05, 0.1) is 26.2 Å². The molecule has 3 aliphatic heterocycles. The van der Waals surface area contributed by atoms with E-state index in [1.54, 1.807) is 62.8 Å². The van der Waals surface area contributed by atoms with E-state index in [9.17, 15) is 14.4 Å². The first kappa shape index (κ1) is 26.7. The molecule has 0 aromatic heterocycles. The van der Waals surface area contributed by atoms with Gasteiger partial charge in [-0.3, -0.25) is 14.4 Å². The summed E-state index contributed by atoms with van der Waals surface area (Å²) in [6.07, 6.45) is 2.05. The second kappa shape index (κ2) is 9.98. The Balaban J connectivity index is 1.55. The summed E-state index contributed by atoms with van der Waals surface area (Å²) in [5.41, 5.74) is 3.50. The molecule has 1 saturated heterocycles. The lowest BCUT2D eigenvalue weighted by Gasteiger charge is -2.39. The van der Waals surface area contributed by atoms with Gasteiger partial charge in [0.1, 0.15) is 23.0 Å². The molecule has 0 radical (unpaired) electrons. The lowest BCUT2D eigenvalue weighted by atomic mass is 9.64. The summed E-state index contributed by atoms with van der Waals surface area (Å²) in [7, 11) is 3.09. The molecule has 7 nitrogen and oxygen atoms in total. The molecule has 1 spiro atoms. The maximum Gasteiger partial charge on any atom is 0.238 e. The maximum atomic E-state index is 15.0. The smallest absolute Gasteiger partial charge is 0.238 e.